The Morgan fingerprint density at radius 3 is 2.82 bits per heavy atom. The highest BCUT2D eigenvalue weighted by Gasteiger charge is 2.32. The van der Waals surface area contributed by atoms with Gasteiger partial charge in [-0.3, -0.25) is 14.4 Å². The number of aliphatic hydroxyl groups is 1. The van der Waals surface area contributed by atoms with E-state index in [9.17, 15) is 24.6 Å². The topological polar surface area (TPSA) is 142 Å². The fraction of sp³-hybridized carbons (Fsp3) is 0.500. The first-order valence-corrected chi connectivity index (χ1v) is 11.7. The van der Waals surface area contributed by atoms with Gasteiger partial charge in [0.25, 0.3) is 0 Å². The zero-order valence-corrected chi connectivity index (χ0v) is 18.9. The van der Waals surface area contributed by atoms with Gasteiger partial charge in [-0.1, -0.05) is 23.4 Å². The van der Waals surface area contributed by atoms with Crippen LogP contribution in [0.25, 0.3) is 10.9 Å². The molecule has 10 nitrogen and oxygen atoms in total. The van der Waals surface area contributed by atoms with Crippen molar-refractivity contribution in [1.82, 2.24) is 15.2 Å². The number of hydrogen-bond donors (Lipinski definition) is 4. The number of nitrogens with one attached hydrogen (secondary N) is 2. The van der Waals surface area contributed by atoms with Gasteiger partial charge >= 0.3 is 5.97 Å². The molecule has 0 spiro atoms. The van der Waals surface area contributed by atoms with E-state index in [4.69, 9.17) is 4.84 Å². The summed E-state index contributed by atoms with van der Waals surface area (Å²) in [7, 11) is 0. The monoisotopic (exact) mass is 470 g/mol. The Labute approximate surface area is 196 Å². The summed E-state index contributed by atoms with van der Waals surface area (Å²) in [4.78, 5) is 42.7. The molecule has 2 aromatic rings. The van der Waals surface area contributed by atoms with Crippen LogP contribution in [-0.2, 0) is 32.2 Å². The molecule has 1 aromatic carbocycles. The van der Waals surface area contributed by atoms with Gasteiger partial charge in [0.15, 0.2) is 0 Å². The quantitative estimate of drug-likeness (QED) is 0.509. The molecule has 2 aliphatic rings. The summed E-state index contributed by atoms with van der Waals surface area (Å²) in [6.07, 6.45) is 4.32. The van der Waals surface area contributed by atoms with Gasteiger partial charge in [-0.2, -0.15) is 0 Å². The fourth-order valence-electron chi connectivity index (χ4n) is 4.66. The van der Waals surface area contributed by atoms with E-state index in [1.807, 2.05) is 30.5 Å². The van der Waals surface area contributed by atoms with Gasteiger partial charge in [-0.15, -0.1) is 0 Å². The largest absolute Gasteiger partial charge is 0.494 e. The summed E-state index contributed by atoms with van der Waals surface area (Å²) >= 11 is 0. The van der Waals surface area contributed by atoms with E-state index in [1.54, 1.807) is 0 Å². The molecule has 2 bridgehead atoms. The standard InChI is InChI=1S/C24H30N4O6/c29-21-13-17(34-27-21)10-15(12-22(30)31)23(32)26-19-11-16-14-28(20-7-3-2-6-18(16)20)9-5-1-4-8-25-24(19)33/h2-3,6-7,14-15,17,19H,1,4-5,8-13H2,(H,25,33)(H,26,32)(H,27,29)(H,30,31)/t15-,17?,19+/m1/s1. The molecular formula is C24H30N4O6. The van der Waals surface area contributed by atoms with Crippen LogP contribution in [0.2, 0.25) is 0 Å². The van der Waals surface area contributed by atoms with Crippen LogP contribution in [0, 0.1) is 5.92 Å². The SMILES string of the molecule is O=C(O)C[C@@H](CC1CC(O)=NO1)C(=O)N[C@H]1Cc2cn(c3ccccc23)CCCCCNC1=O. The minimum absolute atomic E-state index is 0.0688. The molecular weight excluding hydrogens is 440 g/mol. The molecule has 0 saturated heterocycles. The number of aryl methyl sites for hydroxylation is 1. The number of carboxylic acid groups (broad SMARTS) is 1. The molecule has 4 rings (SSSR count). The average molecular weight is 471 g/mol. The summed E-state index contributed by atoms with van der Waals surface area (Å²) in [5.74, 6) is -3.07. The molecule has 0 aliphatic carbocycles. The van der Waals surface area contributed by atoms with E-state index in [2.05, 4.69) is 20.4 Å². The molecule has 10 heteroatoms. The van der Waals surface area contributed by atoms with Crippen molar-refractivity contribution in [3.05, 3.63) is 36.0 Å². The third-order valence-electron chi connectivity index (χ3n) is 6.36. The van der Waals surface area contributed by atoms with E-state index in [1.165, 1.54) is 0 Å². The lowest BCUT2D eigenvalue weighted by atomic mass is 9.94. The first-order chi connectivity index (χ1) is 16.4. The second-order valence-electron chi connectivity index (χ2n) is 8.95. The van der Waals surface area contributed by atoms with Crippen LogP contribution in [0.3, 0.4) is 0 Å². The van der Waals surface area contributed by atoms with Crippen molar-refractivity contribution in [2.24, 2.45) is 11.1 Å². The third-order valence-corrected chi connectivity index (χ3v) is 6.36. The van der Waals surface area contributed by atoms with Crippen molar-refractivity contribution in [1.29, 1.82) is 0 Å². The molecule has 3 atom stereocenters. The summed E-state index contributed by atoms with van der Waals surface area (Å²) in [5.41, 5.74) is 2.04. The Bertz CT molecular complexity index is 1090. The van der Waals surface area contributed by atoms with Gasteiger partial charge in [-0.05, 0) is 37.3 Å². The zero-order valence-electron chi connectivity index (χ0n) is 18.9. The summed E-state index contributed by atoms with van der Waals surface area (Å²) in [6, 6.07) is 7.14. The molecule has 0 fully saturated rings. The lowest BCUT2D eigenvalue weighted by molar-refractivity contribution is -0.142. The Hall–Kier alpha value is -3.56. The van der Waals surface area contributed by atoms with Gasteiger partial charge in [0, 0.05) is 36.6 Å². The maximum Gasteiger partial charge on any atom is 0.304 e. The van der Waals surface area contributed by atoms with Crippen molar-refractivity contribution in [2.45, 2.75) is 63.6 Å². The van der Waals surface area contributed by atoms with Crippen molar-refractivity contribution in [2.75, 3.05) is 6.54 Å². The van der Waals surface area contributed by atoms with E-state index in [0.29, 0.717) is 6.54 Å². The number of para-hydroxylation sites is 1. The molecule has 0 radical (unpaired) electrons. The molecule has 34 heavy (non-hydrogen) atoms. The lowest BCUT2D eigenvalue weighted by Crippen LogP contribution is -2.50. The van der Waals surface area contributed by atoms with Gasteiger partial charge in [0.1, 0.15) is 12.1 Å². The Kier molecular flexibility index (Phi) is 7.34. The number of fused-ring (bicyclic) bond motifs is 5. The smallest absolute Gasteiger partial charge is 0.304 e. The normalized spacial score (nSPS) is 22.0. The van der Waals surface area contributed by atoms with Crippen LogP contribution >= 0.6 is 0 Å². The minimum Gasteiger partial charge on any atom is -0.494 e. The van der Waals surface area contributed by atoms with Crippen LogP contribution < -0.4 is 10.6 Å². The van der Waals surface area contributed by atoms with Crippen LogP contribution in [0.1, 0.15) is 44.1 Å². The van der Waals surface area contributed by atoms with Gasteiger partial charge in [0.2, 0.25) is 17.7 Å². The first-order valence-electron chi connectivity index (χ1n) is 11.7. The molecule has 4 N–H and O–H groups in total. The molecule has 1 unspecified atom stereocenters. The second-order valence-corrected chi connectivity index (χ2v) is 8.95. The van der Waals surface area contributed by atoms with Crippen LogP contribution in [0.15, 0.2) is 35.6 Å². The highest BCUT2D eigenvalue weighted by Crippen LogP contribution is 2.25. The number of benzene rings is 1. The molecule has 2 amide bonds. The zero-order chi connectivity index (χ0) is 24.1. The number of hydrogen-bond acceptors (Lipinski definition) is 5. The highest BCUT2D eigenvalue weighted by atomic mass is 16.7. The number of carbonyl (C=O) groups is 3. The van der Waals surface area contributed by atoms with Crippen molar-refractivity contribution < 1.29 is 29.4 Å². The summed E-state index contributed by atoms with van der Waals surface area (Å²) in [5, 5.41) is 29.0. The minimum atomic E-state index is -1.13. The molecule has 0 saturated carbocycles. The Morgan fingerprint density at radius 2 is 2.06 bits per heavy atom. The maximum absolute atomic E-state index is 13.1. The van der Waals surface area contributed by atoms with Crippen LogP contribution in [0.5, 0.6) is 0 Å². The van der Waals surface area contributed by atoms with Crippen LogP contribution in [0.4, 0.5) is 0 Å². The van der Waals surface area contributed by atoms with E-state index in [-0.39, 0.29) is 31.1 Å². The average Bonchev–Trinajstić information content (AvgIpc) is 3.37. The van der Waals surface area contributed by atoms with Crippen molar-refractivity contribution in [3.63, 3.8) is 0 Å². The first kappa shape index (κ1) is 23.6. The fourth-order valence-corrected chi connectivity index (χ4v) is 4.66. The second kappa shape index (κ2) is 10.6. The van der Waals surface area contributed by atoms with Crippen LogP contribution in [-0.4, -0.2) is 57.2 Å². The highest BCUT2D eigenvalue weighted by molar-refractivity contribution is 5.91. The number of carbonyl (C=O) groups excluding carboxylic acids is 2. The van der Waals surface area contributed by atoms with Crippen molar-refractivity contribution in [3.8, 4) is 0 Å². The number of carboxylic acids is 1. The number of rotatable bonds is 6. The Morgan fingerprint density at radius 1 is 1.24 bits per heavy atom. The van der Waals surface area contributed by atoms with Gasteiger partial charge in [0.05, 0.1) is 18.8 Å². The maximum atomic E-state index is 13.1. The van der Waals surface area contributed by atoms with E-state index >= 15 is 0 Å². The van der Waals surface area contributed by atoms with Crippen molar-refractivity contribution >= 4 is 34.6 Å². The summed E-state index contributed by atoms with van der Waals surface area (Å²) < 4.78 is 2.19. The predicted octanol–water partition coefficient (Wildman–Crippen LogP) is 2.11. The molecule has 1 aromatic heterocycles. The molecule has 3 heterocycles. The molecule has 182 valence electrons. The van der Waals surface area contributed by atoms with E-state index < -0.39 is 36.4 Å². The van der Waals surface area contributed by atoms with Gasteiger partial charge in [-0.25, -0.2) is 0 Å². The number of aliphatic carboxylic acids is 1. The predicted molar refractivity (Wildman–Crippen MR) is 124 cm³/mol. The number of oxime groups is 1. The third kappa shape index (κ3) is 5.67. The number of amides is 2. The van der Waals surface area contributed by atoms with E-state index in [0.717, 1.165) is 42.3 Å². The Balaban J connectivity index is 1.56. The number of nitrogens with zero attached hydrogens (tertiary/aromatic N) is 2. The van der Waals surface area contributed by atoms with Gasteiger partial charge < -0.3 is 30.3 Å². The molecule has 2 aliphatic heterocycles. The number of aromatic nitrogens is 1. The summed E-state index contributed by atoms with van der Waals surface area (Å²) in [6.45, 7) is 1.39. The lowest BCUT2D eigenvalue weighted by Gasteiger charge is -2.23. The number of aliphatic hydroxyl groups excluding tert-OH is 1.